The molecule has 2 unspecified atom stereocenters. The van der Waals surface area contributed by atoms with E-state index in [4.69, 9.17) is 47.6 Å². The summed E-state index contributed by atoms with van der Waals surface area (Å²) in [6.45, 7) is 35.4. The van der Waals surface area contributed by atoms with Crippen LogP contribution in [0.1, 0.15) is 200 Å². The second-order valence-corrected chi connectivity index (χ2v) is 29.5. The molecular formula is C78H114Br7Cl2CrMgN5O16. The van der Waals surface area contributed by atoms with Crippen molar-refractivity contribution >= 4 is 184 Å². The number of hydrogen-bond acceptors (Lipinski definition) is 19. The van der Waals surface area contributed by atoms with Crippen molar-refractivity contribution in [3.05, 3.63) is 227 Å². The first-order valence-corrected chi connectivity index (χ1v) is 36.2. The van der Waals surface area contributed by atoms with Gasteiger partial charge in [0, 0.05) is 68.7 Å². The Morgan fingerprint density at radius 1 is 0.582 bits per heavy atom. The van der Waals surface area contributed by atoms with Gasteiger partial charge < -0.3 is 58.2 Å². The number of benzene rings is 6. The number of rotatable bonds is 10. The van der Waals surface area contributed by atoms with Gasteiger partial charge in [0.1, 0.15) is 17.9 Å². The van der Waals surface area contributed by atoms with E-state index in [0.29, 0.717) is 28.1 Å². The van der Waals surface area contributed by atoms with Crippen molar-refractivity contribution in [2.75, 3.05) is 28.3 Å². The summed E-state index contributed by atoms with van der Waals surface area (Å²) >= 11 is 16.6. The third-order valence-electron chi connectivity index (χ3n) is 13.5. The number of hydroxylamine groups is 3. The molecule has 3 heterocycles. The van der Waals surface area contributed by atoms with E-state index in [2.05, 4.69) is 122 Å². The summed E-state index contributed by atoms with van der Waals surface area (Å²) in [4.78, 5) is 77.0. The minimum atomic E-state index is -3.79. The molecule has 110 heavy (non-hydrogen) atoms. The first-order chi connectivity index (χ1) is 46.3. The van der Waals surface area contributed by atoms with Gasteiger partial charge in [0.05, 0.1) is 25.4 Å². The summed E-state index contributed by atoms with van der Waals surface area (Å²) in [6.07, 6.45) is 0.686. The van der Waals surface area contributed by atoms with Crippen LogP contribution in [0.4, 0.5) is 0 Å². The number of epoxide rings is 1. The zero-order valence-electron chi connectivity index (χ0n) is 61.3. The number of hydrogen-bond donors (Lipinski definition) is 5. The fourth-order valence-electron chi connectivity index (χ4n) is 7.36. The molecule has 3 aliphatic heterocycles. The van der Waals surface area contributed by atoms with Crippen molar-refractivity contribution in [3.8, 4) is 0 Å². The summed E-state index contributed by atoms with van der Waals surface area (Å²) < 4.78 is 36.6. The van der Waals surface area contributed by atoms with Gasteiger partial charge in [0.2, 0.25) is 5.78 Å². The van der Waals surface area contributed by atoms with Gasteiger partial charge in [0.15, 0.2) is 28.5 Å². The predicted molar refractivity (Wildman–Crippen MR) is 465 cm³/mol. The molecule has 1 amide bonds. The van der Waals surface area contributed by atoms with Crippen molar-refractivity contribution in [2.24, 2.45) is 16.2 Å². The number of nitrogens with two attached hydrogens (primary N) is 1. The number of aromatic carboxylic acids is 1. The van der Waals surface area contributed by atoms with Crippen LogP contribution in [0.15, 0.2) is 164 Å². The molecule has 2 atom stereocenters. The molecule has 21 nitrogen and oxygen atoms in total. The number of aryl methyl sites for hydroxylation is 6. The monoisotopic (exact) mass is 2080 g/mol. The fraction of sp³-hybridized carbons (Fsp3) is 0.397. The van der Waals surface area contributed by atoms with Crippen LogP contribution in [-0.4, -0.2) is 142 Å². The third-order valence-corrected chi connectivity index (χ3v) is 18.6. The van der Waals surface area contributed by atoms with E-state index >= 15 is 0 Å². The average Bonchev–Trinajstić information content (AvgIpc) is 1.62. The Labute approximate surface area is 748 Å². The van der Waals surface area contributed by atoms with Crippen LogP contribution in [-0.2, 0) is 54.2 Å². The van der Waals surface area contributed by atoms with Crippen LogP contribution in [0.5, 0.6) is 0 Å². The molecule has 6 aromatic rings. The van der Waals surface area contributed by atoms with Gasteiger partial charge in [-0.3, -0.25) is 29.6 Å². The standard InChI is InChI=1S/C12H14BrNO2.C12H12BrNO2.C12H13BrO2.C12H13BrO.C10H12BrNO2.C8H7BrO2.C4H7.C2H7NO.6CH4.BrH.2ClH.Cr.Mg.H3NO.3O/c2*1-7-4-5-8(6-9(7)13)10-11(15)12(2,3)16-14-10;1-7-4-5-8(6-9(7)13)10(14)11-12(2,3)15-11;1-8(2)6-12(14)10-5-4-9(3)11(13)7-10;1-7-4-5-8(6-9(7)11)10(13)12(2)14-3;1-5-2-3-6(8(10)11)4-7(5)9;1-4(2)3;1-3-4-2;;;;;;;;;;;;1-2;;;/h4-6,11,15H,1-3H3;4-6H,1-3H3;4-6,11H,1-3H3;4-7H,1-3H3;4-6H,1-3H3;2-4H,1H3,(H,10,11);1H,2-3H3;3H,1-2H3;6*1H4;3*1H;;;2H,1H2;;;/q;;;;;;-1;;;;;;;;;;;;+2;;;;/p-1. The quantitative estimate of drug-likeness (QED) is 0.0212. The molecule has 0 saturated carbocycles. The Balaban J connectivity index is -0.000000113. The Kier molecular flexibility index (Phi) is 74.5. The molecule has 0 aliphatic carbocycles. The van der Waals surface area contributed by atoms with Crippen LogP contribution in [0, 0.1) is 48.1 Å². The summed E-state index contributed by atoms with van der Waals surface area (Å²) in [5.41, 5.74) is 14.3. The minimum absolute atomic E-state index is 0. The molecule has 0 bridgehead atoms. The van der Waals surface area contributed by atoms with E-state index in [1.165, 1.54) is 12.2 Å². The molecule has 618 valence electrons. The van der Waals surface area contributed by atoms with Crippen LogP contribution in [0.3, 0.4) is 0 Å². The molecule has 0 radical (unpaired) electrons. The number of nitrogens with zero attached hydrogens (tertiary/aromatic N) is 3. The summed E-state index contributed by atoms with van der Waals surface area (Å²) in [6, 6.07) is 33.3. The van der Waals surface area contributed by atoms with Crippen molar-refractivity contribution in [1.82, 2.24) is 10.5 Å². The second-order valence-electron chi connectivity index (χ2n) is 23.8. The van der Waals surface area contributed by atoms with Gasteiger partial charge >= 0.3 is 54.4 Å². The number of amides is 1. The third kappa shape index (κ3) is 46.6. The van der Waals surface area contributed by atoms with Crippen LogP contribution in [0.2, 0.25) is 0 Å². The van der Waals surface area contributed by atoms with Crippen LogP contribution < -0.4 is 28.4 Å². The first kappa shape index (κ1) is 130. The van der Waals surface area contributed by atoms with Gasteiger partial charge in [-0.05, 0) is 185 Å². The van der Waals surface area contributed by atoms with Crippen LogP contribution in [0.25, 0.3) is 0 Å². The number of ether oxygens (including phenoxy) is 1. The van der Waals surface area contributed by atoms with E-state index in [-0.39, 0.29) is 144 Å². The van der Waals surface area contributed by atoms with Crippen molar-refractivity contribution in [2.45, 2.75) is 184 Å². The fourth-order valence-corrected chi connectivity index (χ4v) is 9.63. The van der Waals surface area contributed by atoms with Gasteiger partial charge in [-0.1, -0.05) is 231 Å². The van der Waals surface area contributed by atoms with Crippen molar-refractivity contribution in [3.63, 3.8) is 0 Å². The molecule has 0 spiro atoms. The van der Waals surface area contributed by atoms with E-state index < -0.39 is 37.2 Å². The number of carbonyl (C=O) groups is 5. The molecule has 1 saturated heterocycles. The SMILES string of the molecule is C.C.C.C.C.C.CC(C)=CC(=O)c1ccc(C)c(Br)c1.CNOC.CON(C)C(=O)c1ccc(C)c(Br)c1.Cc1ccc(C(=O)C2OC2(C)C)cc1Br.Cc1ccc(C(=O)O)cc1Br.Cc1ccc(C2=NOC(C)(C)C2=O)cc1Br.Cc1ccc(C2=NOC(C)(C)C2O)cc1Br.Cl.Cl.NO.[Br-].[CH-]=C(C)C.[Mg+2].[O]=[Cr](=[O])=[O]. The first-order valence-electron chi connectivity index (χ1n) is 29.9. The number of carboxylic acids is 1. The number of aliphatic hydroxyl groups excluding tert-OH is 1. The topological polar surface area (TPSA) is 313 Å². The number of carboxylic acid groups (broad SMARTS) is 1. The van der Waals surface area contributed by atoms with Crippen molar-refractivity contribution in [1.29, 1.82) is 0 Å². The molecule has 6 aromatic carbocycles. The maximum absolute atomic E-state index is 12.0. The number of oxime groups is 2. The van der Waals surface area contributed by atoms with Gasteiger partial charge in [-0.25, -0.2) is 21.2 Å². The zero-order chi connectivity index (χ0) is 77.5. The molecule has 0 aromatic heterocycles. The molecular weight excluding hydrogens is 1970 g/mol. The zero-order valence-corrected chi connectivity index (χ0v) is 76.8. The van der Waals surface area contributed by atoms with E-state index in [9.17, 15) is 29.1 Å². The number of Topliss-reactive ketones (excluding diaryl/α,β-unsaturated/α-hetero) is 2. The van der Waals surface area contributed by atoms with Gasteiger partial charge in [-0.2, -0.15) is 0 Å². The van der Waals surface area contributed by atoms with Crippen molar-refractivity contribution < 1.29 is 106 Å². The maximum atomic E-state index is 12.0. The predicted octanol–water partition coefficient (Wildman–Crippen LogP) is 18.8. The number of nitrogens with one attached hydrogen (secondary N) is 1. The summed E-state index contributed by atoms with van der Waals surface area (Å²) in [5.74, 6) is 2.49. The Morgan fingerprint density at radius 2 is 0.891 bits per heavy atom. The van der Waals surface area contributed by atoms with E-state index in [0.717, 1.165) is 88.1 Å². The second kappa shape index (κ2) is 63.3. The number of allylic oxidation sites excluding steroid dienone is 3. The summed E-state index contributed by atoms with van der Waals surface area (Å²) in [7, 11) is 6.32. The van der Waals surface area contributed by atoms with Crippen LogP contribution >= 0.6 is 120 Å². The molecule has 1 fully saturated rings. The van der Waals surface area contributed by atoms with E-state index in [1.54, 1.807) is 71.5 Å². The molecule has 6 N–H and O–H groups in total. The van der Waals surface area contributed by atoms with Gasteiger partial charge in [0.25, 0.3) is 5.91 Å². The number of aliphatic hydroxyl groups is 1. The Morgan fingerprint density at radius 3 is 1.19 bits per heavy atom. The number of ketones is 3. The normalized spacial score (nSPS) is 13.3. The average molecular weight is 2080 g/mol. The number of carbonyl (C=O) groups excluding carboxylic acids is 4. The molecule has 9 rings (SSSR count). The van der Waals surface area contributed by atoms with E-state index in [1.807, 2.05) is 176 Å². The number of halogens is 9. The van der Waals surface area contributed by atoms with Gasteiger partial charge in [-0.15, -0.1) is 24.8 Å². The Bertz CT molecular complexity index is 4040. The molecule has 32 heteroatoms. The molecule has 3 aliphatic rings. The Hall–Kier alpha value is -3.95. The summed E-state index contributed by atoms with van der Waals surface area (Å²) in [5, 5.41) is 34.1.